The molecule has 1 aliphatic rings. The monoisotopic (exact) mass is 235 g/mol. The van der Waals surface area contributed by atoms with Gasteiger partial charge in [-0.2, -0.15) is 0 Å². The van der Waals surface area contributed by atoms with Gasteiger partial charge in [-0.1, -0.05) is 13.8 Å². The van der Waals surface area contributed by atoms with Crippen molar-refractivity contribution in [3.05, 3.63) is 23.5 Å². The van der Waals surface area contributed by atoms with Crippen LogP contribution in [-0.4, -0.2) is 15.4 Å². The summed E-state index contributed by atoms with van der Waals surface area (Å²) in [4.78, 5) is 5.64. The van der Waals surface area contributed by atoms with Crippen molar-refractivity contribution in [3.8, 4) is 0 Å². The number of imidazole rings is 1. The molecule has 0 amide bonds. The molecular formula is C12H17N3S. The first-order valence-electron chi connectivity index (χ1n) is 5.73. The molecule has 3 nitrogen and oxygen atoms in total. The lowest BCUT2D eigenvalue weighted by atomic mass is 10.0. The second-order valence-corrected chi connectivity index (χ2v) is 6.37. The normalized spacial score (nSPS) is 24.8. The first-order valence-corrected chi connectivity index (χ1v) is 6.61. The van der Waals surface area contributed by atoms with Crippen molar-refractivity contribution in [2.45, 2.75) is 32.7 Å². The standard InChI is InChI=1S/C12H17N3S/c1-12(2)6-9(12)10(13)5-8-7-15-3-4-16-11(15)14-8/h3-4,7,9-10H,5-6,13H2,1-2H3. The fourth-order valence-corrected chi connectivity index (χ4v) is 3.22. The average Bonchev–Trinajstić information content (AvgIpc) is 2.59. The van der Waals surface area contributed by atoms with Gasteiger partial charge in [0, 0.05) is 30.2 Å². The summed E-state index contributed by atoms with van der Waals surface area (Å²) in [7, 11) is 0. The van der Waals surface area contributed by atoms with E-state index in [4.69, 9.17) is 5.73 Å². The maximum absolute atomic E-state index is 6.23. The number of nitrogens with two attached hydrogens (primary N) is 1. The Morgan fingerprint density at radius 2 is 2.44 bits per heavy atom. The molecule has 2 atom stereocenters. The molecule has 1 saturated carbocycles. The summed E-state index contributed by atoms with van der Waals surface area (Å²) in [6.45, 7) is 4.59. The molecule has 2 N–H and O–H groups in total. The zero-order valence-corrected chi connectivity index (χ0v) is 10.5. The van der Waals surface area contributed by atoms with Crippen LogP contribution in [0.5, 0.6) is 0 Å². The molecule has 0 aromatic carbocycles. The van der Waals surface area contributed by atoms with Gasteiger partial charge in [0.1, 0.15) is 0 Å². The van der Waals surface area contributed by atoms with Crippen molar-refractivity contribution in [1.82, 2.24) is 9.38 Å². The number of fused-ring (bicyclic) bond motifs is 1. The lowest BCUT2D eigenvalue weighted by molar-refractivity contribution is 0.474. The third kappa shape index (κ3) is 1.66. The lowest BCUT2D eigenvalue weighted by Crippen LogP contribution is -2.27. The van der Waals surface area contributed by atoms with E-state index in [0.717, 1.165) is 17.1 Å². The highest BCUT2D eigenvalue weighted by Gasteiger charge is 2.48. The van der Waals surface area contributed by atoms with Crippen LogP contribution >= 0.6 is 11.3 Å². The van der Waals surface area contributed by atoms with Gasteiger partial charge in [0.2, 0.25) is 0 Å². The van der Waals surface area contributed by atoms with Crippen molar-refractivity contribution in [1.29, 1.82) is 0 Å². The van der Waals surface area contributed by atoms with Gasteiger partial charge in [-0.05, 0) is 17.8 Å². The number of rotatable bonds is 3. The molecule has 2 unspecified atom stereocenters. The van der Waals surface area contributed by atoms with Crippen LogP contribution < -0.4 is 5.73 Å². The van der Waals surface area contributed by atoms with Gasteiger partial charge in [-0.15, -0.1) is 11.3 Å². The van der Waals surface area contributed by atoms with Crippen LogP contribution in [0.3, 0.4) is 0 Å². The van der Waals surface area contributed by atoms with Crippen LogP contribution in [-0.2, 0) is 6.42 Å². The average molecular weight is 235 g/mol. The summed E-state index contributed by atoms with van der Waals surface area (Å²) in [6.07, 6.45) is 6.31. The Balaban J connectivity index is 1.73. The molecule has 3 rings (SSSR count). The van der Waals surface area contributed by atoms with E-state index in [1.165, 1.54) is 6.42 Å². The van der Waals surface area contributed by atoms with Gasteiger partial charge in [-0.25, -0.2) is 4.98 Å². The minimum atomic E-state index is 0.264. The Labute approximate surface area is 99.3 Å². The molecule has 1 fully saturated rings. The molecule has 0 aliphatic heterocycles. The Morgan fingerprint density at radius 1 is 1.69 bits per heavy atom. The Morgan fingerprint density at radius 3 is 3.06 bits per heavy atom. The number of aromatic nitrogens is 2. The molecular weight excluding hydrogens is 218 g/mol. The molecule has 4 heteroatoms. The van der Waals surface area contributed by atoms with Gasteiger partial charge >= 0.3 is 0 Å². The SMILES string of the molecule is CC1(C)CC1C(N)Cc1cn2ccsc2n1. The number of thiazole rings is 1. The smallest absolute Gasteiger partial charge is 0.193 e. The van der Waals surface area contributed by atoms with E-state index in [1.807, 2.05) is 6.20 Å². The third-order valence-electron chi connectivity index (χ3n) is 3.69. The maximum Gasteiger partial charge on any atom is 0.193 e. The molecule has 0 saturated heterocycles. The Hall–Kier alpha value is -0.870. The van der Waals surface area contributed by atoms with Crippen LogP contribution in [0.1, 0.15) is 26.0 Å². The van der Waals surface area contributed by atoms with E-state index in [-0.39, 0.29) is 6.04 Å². The molecule has 86 valence electrons. The summed E-state index contributed by atoms with van der Waals surface area (Å²) < 4.78 is 2.07. The van der Waals surface area contributed by atoms with Crippen LogP contribution in [0.15, 0.2) is 17.8 Å². The lowest BCUT2D eigenvalue weighted by Gasteiger charge is -2.11. The van der Waals surface area contributed by atoms with Crippen molar-refractivity contribution in [2.24, 2.45) is 17.1 Å². The second-order valence-electron chi connectivity index (χ2n) is 5.49. The Kier molecular flexibility index (Phi) is 2.13. The van der Waals surface area contributed by atoms with Crippen LogP contribution in [0.4, 0.5) is 0 Å². The minimum Gasteiger partial charge on any atom is -0.327 e. The summed E-state index contributed by atoms with van der Waals surface area (Å²) in [6, 6.07) is 0.264. The fraction of sp³-hybridized carbons (Fsp3) is 0.583. The largest absolute Gasteiger partial charge is 0.327 e. The number of hydrogen-bond donors (Lipinski definition) is 1. The predicted molar refractivity (Wildman–Crippen MR) is 66.6 cm³/mol. The Bertz CT molecular complexity index is 483. The van der Waals surface area contributed by atoms with Gasteiger partial charge in [0.25, 0.3) is 0 Å². The third-order valence-corrected chi connectivity index (χ3v) is 4.47. The van der Waals surface area contributed by atoms with E-state index in [1.54, 1.807) is 11.3 Å². The van der Waals surface area contributed by atoms with Crippen molar-refractivity contribution < 1.29 is 0 Å². The van der Waals surface area contributed by atoms with Gasteiger partial charge in [-0.3, -0.25) is 4.40 Å². The van der Waals surface area contributed by atoms with Crippen LogP contribution in [0.2, 0.25) is 0 Å². The van der Waals surface area contributed by atoms with Gasteiger partial charge < -0.3 is 5.73 Å². The number of nitrogens with zero attached hydrogens (tertiary/aromatic N) is 2. The topological polar surface area (TPSA) is 43.3 Å². The van der Waals surface area contributed by atoms with E-state index in [2.05, 4.69) is 34.8 Å². The minimum absolute atomic E-state index is 0.264. The molecule has 2 aromatic heterocycles. The maximum atomic E-state index is 6.23. The molecule has 16 heavy (non-hydrogen) atoms. The number of hydrogen-bond acceptors (Lipinski definition) is 3. The van der Waals surface area contributed by atoms with E-state index in [0.29, 0.717) is 11.3 Å². The van der Waals surface area contributed by atoms with Crippen LogP contribution in [0, 0.1) is 11.3 Å². The van der Waals surface area contributed by atoms with E-state index in [9.17, 15) is 0 Å². The summed E-state index contributed by atoms with van der Waals surface area (Å²) in [5, 5.41) is 2.05. The zero-order valence-electron chi connectivity index (χ0n) is 9.68. The summed E-state index contributed by atoms with van der Waals surface area (Å²) >= 11 is 1.67. The van der Waals surface area contributed by atoms with Gasteiger partial charge in [0.15, 0.2) is 4.96 Å². The highest BCUT2D eigenvalue weighted by molar-refractivity contribution is 7.15. The molecule has 0 bridgehead atoms. The van der Waals surface area contributed by atoms with E-state index >= 15 is 0 Å². The molecule has 0 radical (unpaired) electrons. The van der Waals surface area contributed by atoms with Crippen molar-refractivity contribution in [2.75, 3.05) is 0 Å². The summed E-state index contributed by atoms with van der Waals surface area (Å²) in [5.41, 5.74) is 7.81. The van der Waals surface area contributed by atoms with Crippen molar-refractivity contribution in [3.63, 3.8) is 0 Å². The highest BCUT2D eigenvalue weighted by Crippen LogP contribution is 2.53. The molecule has 1 aliphatic carbocycles. The van der Waals surface area contributed by atoms with Crippen molar-refractivity contribution >= 4 is 16.3 Å². The summed E-state index contributed by atoms with van der Waals surface area (Å²) in [5.74, 6) is 0.673. The predicted octanol–water partition coefficient (Wildman–Crippen LogP) is 2.31. The first-order chi connectivity index (χ1) is 7.56. The molecule has 2 heterocycles. The molecule has 2 aromatic rings. The fourth-order valence-electron chi connectivity index (χ4n) is 2.50. The highest BCUT2D eigenvalue weighted by atomic mass is 32.1. The van der Waals surface area contributed by atoms with Gasteiger partial charge in [0.05, 0.1) is 5.69 Å². The van der Waals surface area contributed by atoms with E-state index < -0.39 is 0 Å². The first kappa shape index (κ1) is 10.3. The molecule has 0 spiro atoms. The van der Waals surface area contributed by atoms with Crippen LogP contribution in [0.25, 0.3) is 4.96 Å². The second kappa shape index (κ2) is 3.31. The quantitative estimate of drug-likeness (QED) is 0.887. The zero-order chi connectivity index (χ0) is 11.3.